The molecule has 4 heteroatoms. The maximum atomic E-state index is 11.9. The van der Waals surface area contributed by atoms with Gasteiger partial charge in [-0.2, -0.15) is 0 Å². The van der Waals surface area contributed by atoms with Gasteiger partial charge < -0.3 is 14.6 Å². The average Bonchev–Trinajstić information content (AvgIpc) is 3.08. The minimum atomic E-state index is -0.166. The zero-order valence-corrected chi connectivity index (χ0v) is 13.4. The second-order valence-electron chi connectivity index (χ2n) is 5.92. The molecule has 0 bridgehead atoms. The van der Waals surface area contributed by atoms with E-state index in [2.05, 4.69) is 29.3 Å². The molecule has 4 nitrogen and oxygen atoms in total. The third-order valence-electron chi connectivity index (χ3n) is 4.21. The molecule has 1 atom stereocenters. The molecular formula is C19H22N2O2. The molecule has 120 valence electrons. The highest BCUT2D eigenvalue weighted by Gasteiger charge is 2.18. The number of nitrogens with zero attached hydrogens (tertiary/aromatic N) is 1. The summed E-state index contributed by atoms with van der Waals surface area (Å²) in [5.41, 5.74) is 2.02. The van der Waals surface area contributed by atoms with E-state index in [1.807, 2.05) is 12.1 Å². The van der Waals surface area contributed by atoms with Crippen LogP contribution in [0.5, 0.6) is 0 Å². The molecule has 1 N–H and O–H groups in total. The fraction of sp³-hybridized carbons (Fsp3) is 0.316. The van der Waals surface area contributed by atoms with Crippen LogP contribution in [-0.4, -0.2) is 18.5 Å². The summed E-state index contributed by atoms with van der Waals surface area (Å²) in [6.45, 7) is 3.38. The zero-order valence-electron chi connectivity index (χ0n) is 13.4. The van der Waals surface area contributed by atoms with Crippen LogP contribution in [0.1, 0.15) is 31.9 Å². The lowest BCUT2D eigenvalue weighted by Crippen LogP contribution is -2.37. The van der Waals surface area contributed by atoms with E-state index < -0.39 is 0 Å². The number of hydrogen-bond acceptors (Lipinski definition) is 3. The second-order valence-corrected chi connectivity index (χ2v) is 5.92. The van der Waals surface area contributed by atoms with Gasteiger partial charge in [0.25, 0.3) is 0 Å². The lowest BCUT2D eigenvalue weighted by atomic mass is 10.0. The number of carbonyl (C=O) groups excluding carboxylic acids is 1. The number of hydrogen-bond donors (Lipinski definition) is 1. The quantitative estimate of drug-likeness (QED) is 0.856. The first-order valence-electron chi connectivity index (χ1n) is 8.11. The van der Waals surface area contributed by atoms with Gasteiger partial charge in [-0.25, -0.2) is 0 Å². The molecule has 0 spiro atoms. The highest BCUT2D eigenvalue weighted by molar-refractivity contribution is 6.01. The summed E-state index contributed by atoms with van der Waals surface area (Å²) in [7, 11) is 0. The second kappa shape index (κ2) is 7.18. The molecule has 1 aromatic heterocycles. The maximum absolute atomic E-state index is 11.9. The van der Waals surface area contributed by atoms with Crippen molar-refractivity contribution in [2.75, 3.05) is 16.8 Å². The molecule has 1 unspecified atom stereocenters. The van der Waals surface area contributed by atoms with Crippen molar-refractivity contribution in [3.05, 3.63) is 54.5 Å². The number of amides is 1. The normalized spacial score (nSPS) is 18.3. The zero-order chi connectivity index (χ0) is 16.1. The highest BCUT2D eigenvalue weighted by atomic mass is 16.3. The summed E-state index contributed by atoms with van der Waals surface area (Å²) in [6.07, 6.45) is 8.51. The summed E-state index contributed by atoms with van der Waals surface area (Å²) in [4.78, 5) is 14.3. The van der Waals surface area contributed by atoms with Crippen molar-refractivity contribution >= 4 is 23.4 Å². The molecule has 0 saturated carbocycles. The van der Waals surface area contributed by atoms with Gasteiger partial charge in [0.1, 0.15) is 5.76 Å². The van der Waals surface area contributed by atoms with E-state index in [4.69, 9.17) is 4.42 Å². The number of piperidine rings is 1. The molecular weight excluding hydrogens is 288 g/mol. The third-order valence-corrected chi connectivity index (χ3v) is 4.21. The summed E-state index contributed by atoms with van der Waals surface area (Å²) in [5.74, 6) is 0.495. The largest absolute Gasteiger partial charge is 0.465 e. The van der Waals surface area contributed by atoms with Crippen LogP contribution in [0.4, 0.5) is 11.4 Å². The number of furan rings is 1. The van der Waals surface area contributed by atoms with Crippen LogP contribution in [0.15, 0.2) is 53.2 Å². The molecule has 2 heterocycles. The Morgan fingerprint density at radius 2 is 2.09 bits per heavy atom. The summed E-state index contributed by atoms with van der Waals surface area (Å²) < 4.78 is 5.15. The van der Waals surface area contributed by atoms with Crippen LogP contribution in [-0.2, 0) is 4.79 Å². The van der Waals surface area contributed by atoms with Gasteiger partial charge in [-0.05, 0) is 68.7 Å². The van der Waals surface area contributed by atoms with Crippen molar-refractivity contribution in [2.24, 2.45) is 0 Å². The van der Waals surface area contributed by atoms with Gasteiger partial charge >= 0.3 is 0 Å². The SMILES string of the molecule is CC1CCCCN1c1ccc(NC(=O)/C=C/c2ccco2)cc1. The Morgan fingerprint density at radius 3 is 2.78 bits per heavy atom. The van der Waals surface area contributed by atoms with E-state index in [1.165, 1.54) is 31.0 Å². The van der Waals surface area contributed by atoms with Crippen LogP contribution in [0, 0.1) is 0 Å². The van der Waals surface area contributed by atoms with E-state index in [1.54, 1.807) is 24.5 Å². The molecule has 1 aliphatic heterocycles. The first-order valence-corrected chi connectivity index (χ1v) is 8.11. The van der Waals surface area contributed by atoms with Gasteiger partial charge in [-0.3, -0.25) is 4.79 Å². The lowest BCUT2D eigenvalue weighted by molar-refractivity contribution is -0.111. The van der Waals surface area contributed by atoms with Crippen molar-refractivity contribution in [3.8, 4) is 0 Å². The highest BCUT2D eigenvalue weighted by Crippen LogP contribution is 2.25. The first-order chi connectivity index (χ1) is 11.2. The maximum Gasteiger partial charge on any atom is 0.248 e. The van der Waals surface area contributed by atoms with Crippen molar-refractivity contribution in [1.82, 2.24) is 0 Å². The molecule has 1 fully saturated rings. The standard InChI is InChI=1S/C19H22N2O2/c1-15-5-2-3-13-21(15)17-9-7-16(8-10-17)20-19(22)12-11-18-6-4-14-23-18/h4,6-12,14-15H,2-3,5,13H2,1H3,(H,20,22)/b12-11+. The Bertz CT molecular complexity index is 659. The van der Waals surface area contributed by atoms with Gasteiger partial charge in [-0.1, -0.05) is 0 Å². The van der Waals surface area contributed by atoms with Gasteiger partial charge in [0.05, 0.1) is 6.26 Å². The van der Waals surface area contributed by atoms with E-state index >= 15 is 0 Å². The van der Waals surface area contributed by atoms with Crippen LogP contribution < -0.4 is 10.2 Å². The topological polar surface area (TPSA) is 45.5 Å². The minimum absolute atomic E-state index is 0.166. The third kappa shape index (κ3) is 4.03. The van der Waals surface area contributed by atoms with Gasteiger partial charge in [0.2, 0.25) is 5.91 Å². The number of anilines is 2. The number of rotatable bonds is 4. The molecule has 1 saturated heterocycles. The molecule has 0 aliphatic carbocycles. The average molecular weight is 310 g/mol. The molecule has 23 heavy (non-hydrogen) atoms. The Balaban J connectivity index is 1.60. The molecule has 1 amide bonds. The van der Waals surface area contributed by atoms with Gasteiger partial charge in [-0.15, -0.1) is 0 Å². The Morgan fingerprint density at radius 1 is 1.26 bits per heavy atom. The van der Waals surface area contributed by atoms with E-state index in [0.717, 1.165) is 12.2 Å². The van der Waals surface area contributed by atoms with Crippen molar-refractivity contribution in [3.63, 3.8) is 0 Å². The van der Waals surface area contributed by atoms with Crippen LogP contribution in [0.2, 0.25) is 0 Å². The summed E-state index contributed by atoms with van der Waals surface area (Å²) in [5, 5.41) is 2.86. The van der Waals surface area contributed by atoms with E-state index in [9.17, 15) is 4.79 Å². The minimum Gasteiger partial charge on any atom is -0.465 e. The fourth-order valence-electron chi connectivity index (χ4n) is 2.95. The monoisotopic (exact) mass is 310 g/mol. The molecule has 1 aromatic carbocycles. The Hall–Kier alpha value is -2.49. The van der Waals surface area contributed by atoms with Crippen LogP contribution in [0.3, 0.4) is 0 Å². The van der Waals surface area contributed by atoms with E-state index in [0.29, 0.717) is 11.8 Å². The van der Waals surface area contributed by atoms with Crippen molar-refractivity contribution < 1.29 is 9.21 Å². The van der Waals surface area contributed by atoms with Crippen molar-refractivity contribution in [2.45, 2.75) is 32.2 Å². The smallest absolute Gasteiger partial charge is 0.248 e. The Labute approximate surface area is 136 Å². The lowest BCUT2D eigenvalue weighted by Gasteiger charge is -2.35. The molecule has 1 aliphatic rings. The Kier molecular flexibility index (Phi) is 4.81. The molecule has 0 radical (unpaired) electrons. The van der Waals surface area contributed by atoms with Crippen molar-refractivity contribution in [1.29, 1.82) is 0 Å². The predicted molar refractivity (Wildman–Crippen MR) is 93.5 cm³/mol. The van der Waals surface area contributed by atoms with Gasteiger partial charge in [0.15, 0.2) is 0 Å². The first kappa shape index (κ1) is 15.4. The summed E-state index contributed by atoms with van der Waals surface area (Å²) in [6, 6.07) is 12.2. The van der Waals surface area contributed by atoms with Crippen LogP contribution >= 0.6 is 0 Å². The predicted octanol–water partition coefficient (Wildman–Crippen LogP) is 4.31. The number of benzene rings is 1. The summed E-state index contributed by atoms with van der Waals surface area (Å²) >= 11 is 0. The van der Waals surface area contributed by atoms with E-state index in [-0.39, 0.29) is 5.91 Å². The number of carbonyl (C=O) groups is 1. The van der Waals surface area contributed by atoms with Crippen LogP contribution in [0.25, 0.3) is 6.08 Å². The number of nitrogens with one attached hydrogen (secondary N) is 1. The molecule has 2 aromatic rings. The molecule has 3 rings (SSSR count). The fourth-order valence-corrected chi connectivity index (χ4v) is 2.95. The van der Waals surface area contributed by atoms with Gasteiger partial charge in [0, 0.05) is 30.0 Å².